The smallest absolute Gasteiger partial charge is 0.407 e. The lowest BCUT2D eigenvalue weighted by molar-refractivity contribution is -0.187. The number of aliphatic hydroxyl groups excluding tert-OH is 2. The third-order valence-corrected chi connectivity index (χ3v) is 8.30. The maximum Gasteiger partial charge on any atom is 0.407 e. The van der Waals surface area contributed by atoms with Crippen LogP contribution >= 0.6 is 0 Å². The summed E-state index contributed by atoms with van der Waals surface area (Å²) >= 11 is 0. The van der Waals surface area contributed by atoms with Gasteiger partial charge in [0.15, 0.2) is 0 Å². The molecule has 0 radical (unpaired) electrons. The monoisotopic (exact) mass is 424 g/mol. The maximum absolute atomic E-state index is 12.9. The molecule has 3 fully saturated rings. The molecule has 1 saturated heterocycles. The van der Waals surface area contributed by atoms with Crippen LogP contribution in [-0.4, -0.2) is 65.6 Å². The van der Waals surface area contributed by atoms with E-state index in [0.717, 1.165) is 45.2 Å². The van der Waals surface area contributed by atoms with Crippen molar-refractivity contribution in [3.63, 3.8) is 0 Å². The van der Waals surface area contributed by atoms with Gasteiger partial charge < -0.3 is 25.2 Å². The summed E-state index contributed by atoms with van der Waals surface area (Å²) < 4.78 is 5.77. The van der Waals surface area contributed by atoms with Crippen LogP contribution in [-0.2, 0) is 9.53 Å². The van der Waals surface area contributed by atoms with Gasteiger partial charge in [0, 0.05) is 31.5 Å². The molecule has 6 atom stereocenters. The molecular weight excluding hydrogens is 384 g/mol. The Morgan fingerprint density at radius 1 is 1.17 bits per heavy atom. The highest BCUT2D eigenvalue weighted by Crippen LogP contribution is 2.61. The minimum absolute atomic E-state index is 0.0764. The van der Waals surface area contributed by atoms with E-state index in [1.54, 1.807) is 0 Å². The van der Waals surface area contributed by atoms with Crippen molar-refractivity contribution in [1.29, 1.82) is 0 Å². The second kappa shape index (κ2) is 9.43. The van der Waals surface area contributed by atoms with Crippen LogP contribution in [0.5, 0.6) is 0 Å². The van der Waals surface area contributed by atoms with E-state index in [4.69, 9.17) is 4.74 Å². The first-order valence-corrected chi connectivity index (χ1v) is 11.8. The summed E-state index contributed by atoms with van der Waals surface area (Å²) in [7, 11) is 0. The summed E-state index contributed by atoms with van der Waals surface area (Å²) in [5, 5.41) is 24.1. The molecule has 0 aromatic carbocycles. The lowest BCUT2D eigenvalue weighted by Crippen LogP contribution is -2.61. The van der Waals surface area contributed by atoms with Crippen LogP contribution in [0.4, 0.5) is 4.79 Å². The Morgan fingerprint density at radius 2 is 1.87 bits per heavy atom. The van der Waals surface area contributed by atoms with E-state index in [2.05, 4.69) is 12.2 Å². The third kappa shape index (κ3) is 4.33. The number of likely N-dealkylation sites (tertiary alicyclic amines) is 1. The number of ether oxygens (including phenoxy) is 1. The fourth-order valence-electron chi connectivity index (χ4n) is 6.46. The normalized spacial score (nSPS) is 38.8. The topological polar surface area (TPSA) is 99.1 Å². The largest absolute Gasteiger partial charge is 0.446 e. The summed E-state index contributed by atoms with van der Waals surface area (Å²) in [6, 6.07) is 0. The van der Waals surface area contributed by atoms with Crippen LogP contribution in [0.2, 0.25) is 0 Å². The number of hydrogen-bond donors (Lipinski definition) is 3. The first kappa shape index (κ1) is 23.3. The Morgan fingerprint density at radius 3 is 2.50 bits per heavy atom. The molecule has 1 aliphatic heterocycles. The highest BCUT2D eigenvalue weighted by molar-refractivity contribution is 5.77. The zero-order valence-electron chi connectivity index (χ0n) is 18.9. The number of rotatable bonds is 6. The predicted octanol–water partition coefficient (Wildman–Crippen LogP) is 2.69. The molecule has 172 valence electrons. The van der Waals surface area contributed by atoms with Crippen molar-refractivity contribution < 1.29 is 24.5 Å². The fraction of sp³-hybridized carbons (Fsp3) is 0.913. The lowest BCUT2D eigenvalue weighted by Gasteiger charge is -2.60. The second-order valence-corrected chi connectivity index (χ2v) is 10.1. The van der Waals surface area contributed by atoms with Gasteiger partial charge in [0.25, 0.3) is 0 Å². The highest BCUT2D eigenvalue weighted by Gasteiger charge is 2.60. The maximum atomic E-state index is 12.9. The number of fused-ring (bicyclic) bond motifs is 1. The van der Waals surface area contributed by atoms with Crippen molar-refractivity contribution in [1.82, 2.24) is 10.2 Å². The SMILES string of the molecule is CCCNC(=O)O[C@@H]1CC[C@]2(C)[C@H](CC[C@@H](O)[C@H]2CC(=O)N2CCCC2)[C@]1(C)CO. The number of carbonyl (C=O) groups is 2. The van der Waals surface area contributed by atoms with Crippen LogP contribution < -0.4 is 5.32 Å². The van der Waals surface area contributed by atoms with Crippen LogP contribution in [0, 0.1) is 22.7 Å². The molecular formula is C23H40N2O5. The molecule has 0 aromatic heterocycles. The van der Waals surface area contributed by atoms with E-state index in [0.29, 0.717) is 25.8 Å². The Balaban J connectivity index is 1.78. The Kier molecular flexibility index (Phi) is 7.33. The van der Waals surface area contributed by atoms with Crippen LogP contribution in [0.3, 0.4) is 0 Å². The molecule has 30 heavy (non-hydrogen) atoms. The van der Waals surface area contributed by atoms with Crippen LogP contribution in [0.25, 0.3) is 0 Å². The minimum atomic E-state index is -0.592. The van der Waals surface area contributed by atoms with Gasteiger partial charge in [-0.2, -0.15) is 0 Å². The van der Waals surface area contributed by atoms with E-state index in [1.807, 2.05) is 18.7 Å². The van der Waals surface area contributed by atoms with E-state index in [-0.39, 0.29) is 35.9 Å². The van der Waals surface area contributed by atoms with Gasteiger partial charge in [-0.05, 0) is 62.2 Å². The van der Waals surface area contributed by atoms with Gasteiger partial charge in [-0.15, -0.1) is 0 Å². The summed E-state index contributed by atoms with van der Waals surface area (Å²) in [5.41, 5.74) is -0.865. The third-order valence-electron chi connectivity index (χ3n) is 8.30. The summed E-state index contributed by atoms with van der Waals surface area (Å²) in [6.07, 6.45) is 4.78. The molecule has 2 aliphatic carbocycles. The average Bonchev–Trinajstić information content (AvgIpc) is 3.26. The van der Waals surface area contributed by atoms with E-state index < -0.39 is 17.6 Å². The standard InChI is InChI=1S/C23H40N2O5/c1-4-11-24-21(29)30-19-9-10-22(2)16(14-20(28)25-12-5-6-13-25)17(27)7-8-18(22)23(19,3)15-26/h16-19,26-27H,4-15H2,1-3H3,(H,24,29)/t16-,17-,18+,19-,22+,23+/m1/s1. The highest BCUT2D eigenvalue weighted by atomic mass is 16.6. The van der Waals surface area contributed by atoms with Crippen molar-refractivity contribution in [2.75, 3.05) is 26.2 Å². The summed E-state index contributed by atoms with van der Waals surface area (Å²) in [5.74, 6) is 0.0824. The Bertz CT molecular complexity index is 623. The number of aliphatic hydroxyl groups is 2. The zero-order chi connectivity index (χ0) is 21.9. The van der Waals surface area contributed by atoms with Crippen molar-refractivity contribution in [2.24, 2.45) is 22.7 Å². The van der Waals surface area contributed by atoms with Crippen molar-refractivity contribution in [3.8, 4) is 0 Å². The van der Waals surface area contributed by atoms with Crippen molar-refractivity contribution >= 4 is 12.0 Å². The van der Waals surface area contributed by atoms with Crippen LogP contribution in [0.15, 0.2) is 0 Å². The van der Waals surface area contributed by atoms with Crippen LogP contribution in [0.1, 0.15) is 72.1 Å². The molecule has 3 rings (SSSR count). The number of amides is 2. The van der Waals surface area contributed by atoms with Gasteiger partial charge in [-0.25, -0.2) is 4.79 Å². The van der Waals surface area contributed by atoms with E-state index in [1.165, 1.54) is 0 Å². The van der Waals surface area contributed by atoms with Gasteiger partial charge in [0.05, 0.1) is 12.7 Å². The number of alkyl carbamates (subject to hydrolysis) is 1. The quantitative estimate of drug-likeness (QED) is 0.609. The number of carbonyl (C=O) groups excluding carboxylic acids is 2. The average molecular weight is 425 g/mol. The predicted molar refractivity (Wildman–Crippen MR) is 114 cm³/mol. The molecule has 0 spiro atoms. The summed E-state index contributed by atoms with van der Waals surface area (Å²) in [6.45, 7) is 8.28. The Hall–Kier alpha value is -1.34. The second-order valence-electron chi connectivity index (χ2n) is 10.1. The molecule has 2 saturated carbocycles. The van der Waals surface area contributed by atoms with Crippen molar-refractivity contribution in [2.45, 2.75) is 84.3 Å². The molecule has 7 heteroatoms. The molecule has 0 aromatic rings. The minimum Gasteiger partial charge on any atom is -0.446 e. The molecule has 0 bridgehead atoms. The van der Waals surface area contributed by atoms with Crippen molar-refractivity contribution in [3.05, 3.63) is 0 Å². The molecule has 0 unspecified atom stereocenters. The lowest BCUT2D eigenvalue weighted by atomic mass is 9.46. The Labute approximate surface area is 180 Å². The van der Waals surface area contributed by atoms with E-state index >= 15 is 0 Å². The fourth-order valence-corrected chi connectivity index (χ4v) is 6.46. The van der Waals surface area contributed by atoms with Gasteiger partial charge in [-0.1, -0.05) is 20.8 Å². The number of nitrogens with zero attached hydrogens (tertiary/aromatic N) is 1. The first-order valence-electron chi connectivity index (χ1n) is 11.8. The number of nitrogens with one attached hydrogen (secondary N) is 1. The van der Waals surface area contributed by atoms with Gasteiger partial charge in [0.1, 0.15) is 6.10 Å². The summed E-state index contributed by atoms with van der Waals surface area (Å²) in [4.78, 5) is 27.1. The van der Waals surface area contributed by atoms with E-state index in [9.17, 15) is 19.8 Å². The molecule has 1 heterocycles. The van der Waals surface area contributed by atoms with Gasteiger partial charge in [0.2, 0.25) is 5.91 Å². The van der Waals surface area contributed by atoms with Gasteiger partial charge in [-0.3, -0.25) is 4.79 Å². The number of hydrogen-bond acceptors (Lipinski definition) is 5. The zero-order valence-corrected chi connectivity index (χ0v) is 18.9. The molecule has 3 aliphatic rings. The van der Waals surface area contributed by atoms with Gasteiger partial charge >= 0.3 is 6.09 Å². The first-order chi connectivity index (χ1) is 14.3. The molecule has 7 nitrogen and oxygen atoms in total. The molecule has 2 amide bonds. The molecule has 3 N–H and O–H groups in total.